The van der Waals surface area contributed by atoms with E-state index in [-0.39, 0.29) is 0 Å². The first-order valence-corrected chi connectivity index (χ1v) is 5.91. The van der Waals surface area contributed by atoms with Crippen molar-refractivity contribution in [2.24, 2.45) is 0 Å². The van der Waals surface area contributed by atoms with Crippen molar-refractivity contribution in [3.05, 3.63) is 34.9 Å². The molecule has 2 aliphatic heterocycles. The Hall–Kier alpha value is -0.570. The summed E-state index contributed by atoms with van der Waals surface area (Å²) in [7, 11) is 0. The van der Waals surface area contributed by atoms with Crippen LogP contribution in [0.2, 0.25) is 5.02 Å². The van der Waals surface area contributed by atoms with Crippen molar-refractivity contribution in [3.8, 4) is 0 Å². The van der Waals surface area contributed by atoms with E-state index in [1.54, 1.807) is 0 Å². The predicted molar refractivity (Wildman–Crippen MR) is 62.1 cm³/mol. The van der Waals surface area contributed by atoms with Gasteiger partial charge in [0.05, 0.1) is 0 Å². The van der Waals surface area contributed by atoms with Gasteiger partial charge >= 0.3 is 0 Å². The number of nitrogens with one attached hydrogen (secondary N) is 1. The Morgan fingerprint density at radius 1 is 1.33 bits per heavy atom. The zero-order chi connectivity index (χ0) is 10.3. The molecule has 1 aromatic rings. The highest BCUT2D eigenvalue weighted by atomic mass is 35.5. The van der Waals surface area contributed by atoms with Crippen LogP contribution in [0.25, 0.3) is 0 Å². The van der Waals surface area contributed by atoms with E-state index in [2.05, 4.69) is 22.3 Å². The Balaban J connectivity index is 1.68. The summed E-state index contributed by atoms with van der Waals surface area (Å²) in [6.07, 6.45) is 1.33. The summed E-state index contributed by atoms with van der Waals surface area (Å²) in [5.41, 5.74) is 1.37. The van der Waals surface area contributed by atoms with Gasteiger partial charge in [-0.25, -0.2) is 0 Å². The van der Waals surface area contributed by atoms with Gasteiger partial charge in [-0.15, -0.1) is 0 Å². The molecule has 1 N–H and O–H groups in total. The van der Waals surface area contributed by atoms with Crippen LogP contribution in [-0.2, 0) is 6.54 Å². The molecule has 0 saturated carbocycles. The Kier molecular flexibility index (Phi) is 2.43. The van der Waals surface area contributed by atoms with Crippen molar-refractivity contribution in [1.82, 2.24) is 10.2 Å². The number of nitrogens with zero attached hydrogens (tertiary/aromatic N) is 1. The van der Waals surface area contributed by atoms with Gasteiger partial charge in [-0.05, 0) is 24.1 Å². The van der Waals surface area contributed by atoms with Crippen molar-refractivity contribution < 1.29 is 0 Å². The highest BCUT2D eigenvalue weighted by molar-refractivity contribution is 6.30. The van der Waals surface area contributed by atoms with Crippen LogP contribution in [0.1, 0.15) is 12.0 Å². The van der Waals surface area contributed by atoms with E-state index < -0.39 is 0 Å². The number of hydrogen-bond acceptors (Lipinski definition) is 2. The second kappa shape index (κ2) is 3.78. The maximum absolute atomic E-state index is 5.87. The van der Waals surface area contributed by atoms with Crippen LogP contribution < -0.4 is 5.32 Å². The van der Waals surface area contributed by atoms with E-state index >= 15 is 0 Å². The molecule has 2 bridgehead atoms. The van der Waals surface area contributed by atoms with Gasteiger partial charge in [-0.2, -0.15) is 0 Å². The van der Waals surface area contributed by atoms with Crippen molar-refractivity contribution in [2.45, 2.75) is 25.0 Å². The second-order valence-corrected chi connectivity index (χ2v) is 4.99. The fourth-order valence-corrected chi connectivity index (χ4v) is 2.79. The zero-order valence-corrected chi connectivity index (χ0v) is 9.37. The summed E-state index contributed by atoms with van der Waals surface area (Å²) >= 11 is 5.87. The van der Waals surface area contributed by atoms with E-state index in [1.807, 2.05) is 12.1 Å². The first kappa shape index (κ1) is 9.64. The summed E-state index contributed by atoms with van der Waals surface area (Å²) in [5.74, 6) is 0. The summed E-state index contributed by atoms with van der Waals surface area (Å²) in [5, 5.41) is 4.34. The minimum Gasteiger partial charge on any atom is -0.311 e. The lowest BCUT2D eigenvalue weighted by Gasteiger charge is -2.27. The largest absolute Gasteiger partial charge is 0.311 e. The van der Waals surface area contributed by atoms with Crippen LogP contribution in [-0.4, -0.2) is 30.1 Å². The van der Waals surface area contributed by atoms with E-state index in [0.717, 1.165) is 30.2 Å². The smallest absolute Gasteiger partial charge is 0.0406 e. The average molecular weight is 223 g/mol. The summed E-state index contributed by atoms with van der Waals surface area (Å²) in [6.45, 7) is 3.44. The van der Waals surface area contributed by atoms with Crippen molar-refractivity contribution >= 4 is 11.6 Å². The standard InChI is InChI=1S/C12H15ClN2/c13-10-3-1-9(2-4-10)7-15-8-11-5-12(15)6-14-11/h1-4,11-12,14H,5-8H2/t11-,12+/m1/s1. The van der Waals surface area contributed by atoms with Gasteiger partial charge in [0.25, 0.3) is 0 Å². The molecule has 2 atom stereocenters. The maximum atomic E-state index is 5.87. The average Bonchev–Trinajstić information content (AvgIpc) is 2.83. The predicted octanol–water partition coefficient (Wildman–Crippen LogP) is 1.89. The third-order valence-corrected chi connectivity index (χ3v) is 3.72. The monoisotopic (exact) mass is 222 g/mol. The molecule has 0 amide bonds. The molecule has 2 nitrogen and oxygen atoms in total. The molecule has 1 aromatic carbocycles. The third-order valence-electron chi connectivity index (χ3n) is 3.47. The fraction of sp³-hybridized carbons (Fsp3) is 0.500. The molecule has 0 unspecified atom stereocenters. The molecule has 0 aliphatic carbocycles. The van der Waals surface area contributed by atoms with Gasteiger partial charge < -0.3 is 5.32 Å². The maximum Gasteiger partial charge on any atom is 0.0406 e. The lowest BCUT2D eigenvalue weighted by Crippen LogP contribution is -2.42. The summed E-state index contributed by atoms with van der Waals surface area (Å²) < 4.78 is 0. The molecule has 2 saturated heterocycles. The highest BCUT2D eigenvalue weighted by Crippen LogP contribution is 2.25. The van der Waals surface area contributed by atoms with Crippen molar-refractivity contribution in [2.75, 3.05) is 13.1 Å². The zero-order valence-electron chi connectivity index (χ0n) is 8.62. The summed E-state index contributed by atoms with van der Waals surface area (Å²) in [4.78, 5) is 2.57. The molecule has 2 fully saturated rings. The lowest BCUT2D eigenvalue weighted by molar-refractivity contribution is 0.218. The Morgan fingerprint density at radius 2 is 2.13 bits per heavy atom. The van der Waals surface area contributed by atoms with Crippen LogP contribution in [0.5, 0.6) is 0 Å². The van der Waals surface area contributed by atoms with Crippen molar-refractivity contribution in [3.63, 3.8) is 0 Å². The third kappa shape index (κ3) is 1.89. The molecule has 0 aromatic heterocycles. The molecule has 3 heteroatoms. The topological polar surface area (TPSA) is 15.3 Å². The van der Waals surface area contributed by atoms with E-state index in [1.165, 1.54) is 18.5 Å². The van der Waals surface area contributed by atoms with Gasteiger partial charge in [0, 0.05) is 36.7 Å². The number of fused-ring (bicyclic) bond motifs is 2. The highest BCUT2D eigenvalue weighted by Gasteiger charge is 2.36. The first-order chi connectivity index (χ1) is 7.31. The van der Waals surface area contributed by atoms with Gasteiger partial charge in [-0.1, -0.05) is 23.7 Å². The molecule has 0 radical (unpaired) electrons. The van der Waals surface area contributed by atoms with Crippen molar-refractivity contribution in [1.29, 1.82) is 0 Å². The SMILES string of the molecule is Clc1ccc(CN2C[C@H]3C[C@H]2CN3)cc1. The van der Waals surface area contributed by atoms with Gasteiger partial charge in [0.15, 0.2) is 0 Å². The molecule has 2 heterocycles. The molecular weight excluding hydrogens is 208 g/mol. The lowest BCUT2D eigenvalue weighted by atomic mass is 10.2. The van der Waals surface area contributed by atoms with Gasteiger partial charge in [0.1, 0.15) is 0 Å². The first-order valence-electron chi connectivity index (χ1n) is 5.53. The van der Waals surface area contributed by atoms with Gasteiger partial charge in [-0.3, -0.25) is 4.90 Å². The molecule has 15 heavy (non-hydrogen) atoms. The molecule has 80 valence electrons. The number of piperazine rings is 1. The van der Waals surface area contributed by atoms with Crippen LogP contribution in [0, 0.1) is 0 Å². The molecular formula is C12H15ClN2. The van der Waals surface area contributed by atoms with Crippen LogP contribution in [0.3, 0.4) is 0 Å². The minimum absolute atomic E-state index is 0.738. The van der Waals surface area contributed by atoms with Gasteiger partial charge in [0.2, 0.25) is 0 Å². The Labute approximate surface area is 95.2 Å². The minimum atomic E-state index is 0.738. The quantitative estimate of drug-likeness (QED) is 0.822. The van der Waals surface area contributed by atoms with Crippen LogP contribution in [0.15, 0.2) is 24.3 Å². The number of likely N-dealkylation sites (tertiary alicyclic amines) is 1. The number of hydrogen-bond donors (Lipinski definition) is 1. The number of benzene rings is 1. The van der Waals surface area contributed by atoms with E-state index in [0.29, 0.717) is 0 Å². The summed E-state index contributed by atoms with van der Waals surface area (Å²) in [6, 6.07) is 9.70. The number of halogens is 1. The molecule has 2 aliphatic rings. The van der Waals surface area contributed by atoms with E-state index in [9.17, 15) is 0 Å². The van der Waals surface area contributed by atoms with Crippen LogP contribution in [0.4, 0.5) is 0 Å². The molecule has 0 spiro atoms. The fourth-order valence-electron chi connectivity index (χ4n) is 2.67. The normalized spacial score (nSPS) is 29.9. The second-order valence-electron chi connectivity index (χ2n) is 4.55. The van der Waals surface area contributed by atoms with E-state index in [4.69, 9.17) is 11.6 Å². The number of rotatable bonds is 2. The molecule has 3 rings (SSSR count). The Morgan fingerprint density at radius 3 is 2.73 bits per heavy atom. The Bertz CT molecular complexity index is 349. The van der Waals surface area contributed by atoms with Crippen LogP contribution >= 0.6 is 11.6 Å².